The Balaban J connectivity index is 0.00000484. The zero-order chi connectivity index (χ0) is 16.0. The van der Waals surface area contributed by atoms with Gasteiger partial charge in [-0.15, -0.1) is 24.0 Å². The summed E-state index contributed by atoms with van der Waals surface area (Å²) in [6, 6.07) is 3.90. The van der Waals surface area contributed by atoms with Crippen molar-refractivity contribution in [3.63, 3.8) is 0 Å². The van der Waals surface area contributed by atoms with Gasteiger partial charge in [-0.2, -0.15) is 0 Å². The second-order valence-electron chi connectivity index (χ2n) is 4.78. The van der Waals surface area contributed by atoms with Gasteiger partial charge in [0, 0.05) is 38.6 Å². The Hall–Kier alpha value is -1.09. The van der Waals surface area contributed by atoms with Crippen LogP contribution in [0.4, 0.5) is 0 Å². The third kappa shape index (κ3) is 9.60. The molecule has 0 aliphatic heterocycles. The van der Waals surface area contributed by atoms with E-state index >= 15 is 0 Å². The Morgan fingerprint density at radius 3 is 2.78 bits per heavy atom. The molecule has 6 nitrogen and oxygen atoms in total. The van der Waals surface area contributed by atoms with Crippen LogP contribution in [0.1, 0.15) is 32.3 Å². The summed E-state index contributed by atoms with van der Waals surface area (Å²) in [6.45, 7) is 7.72. The number of pyridine rings is 1. The molecule has 0 fully saturated rings. The molecule has 7 heteroatoms. The zero-order valence-corrected chi connectivity index (χ0v) is 16.6. The molecule has 23 heavy (non-hydrogen) atoms. The normalized spacial score (nSPS) is 10.8. The third-order valence-electron chi connectivity index (χ3n) is 2.86. The van der Waals surface area contributed by atoms with Crippen molar-refractivity contribution in [2.24, 2.45) is 4.99 Å². The highest BCUT2D eigenvalue weighted by Crippen LogP contribution is 2.15. The lowest BCUT2D eigenvalue weighted by atomic mass is 10.3. The van der Waals surface area contributed by atoms with Crippen LogP contribution in [-0.4, -0.2) is 44.4 Å². The summed E-state index contributed by atoms with van der Waals surface area (Å²) in [5.74, 6) is 1.47. The van der Waals surface area contributed by atoms with Crippen LogP contribution in [0.25, 0.3) is 0 Å². The van der Waals surface area contributed by atoms with Crippen LogP contribution in [0.15, 0.2) is 23.3 Å². The van der Waals surface area contributed by atoms with Gasteiger partial charge in [-0.3, -0.25) is 0 Å². The smallest absolute Gasteiger partial charge is 0.218 e. The van der Waals surface area contributed by atoms with Crippen LogP contribution in [0.2, 0.25) is 0 Å². The topological polar surface area (TPSA) is 67.8 Å². The van der Waals surface area contributed by atoms with Gasteiger partial charge in [0.2, 0.25) is 5.88 Å². The highest BCUT2D eigenvalue weighted by Gasteiger charge is 2.04. The first kappa shape index (κ1) is 21.9. The lowest BCUT2D eigenvalue weighted by Crippen LogP contribution is -2.38. The van der Waals surface area contributed by atoms with Gasteiger partial charge in [0.15, 0.2) is 5.96 Å². The fraction of sp³-hybridized carbons (Fsp3) is 0.625. The van der Waals surface area contributed by atoms with E-state index < -0.39 is 0 Å². The first-order valence-electron chi connectivity index (χ1n) is 7.89. The van der Waals surface area contributed by atoms with Crippen molar-refractivity contribution >= 4 is 29.9 Å². The number of aliphatic imine (C=N–C) groups is 1. The number of hydrogen-bond acceptors (Lipinski definition) is 4. The van der Waals surface area contributed by atoms with E-state index in [1.807, 2.05) is 19.1 Å². The summed E-state index contributed by atoms with van der Waals surface area (Å²) in [5.41, 5.74) is 0.991. The van der Waals surface area contributed by atoms with Crippen LogP contribution < -0.4 is 15.4 Å². The van der Waals surface area contributed by atoms with Crippen LogP contribution in [0, 0.1) is 0 Å². The van der Waals surface area contributed by atoms with E-state index in [9.17, 15) is 0 Å². The highest BCUT2D eigenvalue weighted by molar-refractivity contribution is 14.0. The molecule has 0 saturated heterocycles. The summed E-state index contributed by atoms with van der Waals surface area (Å²) < 4.78 is 10.7. The summed E-state index contributed by atoms with van der Waals surface area (Å²) in [7, 11) is 1.71. The minimum Gasteiger partial charge on any atom is -0.477 e. The van der Waals surface area contributed by atoms with E-state index in [1.54, 1.807) is 13.3 Å². The maximum atomic E-state index is 5.65. The van der Waals surface area contributed by atoms with Crippen LogP contribution in [0.5, 0.6) is 5.88 Å². The average Bonchev–Trinajstić information content (AvgIpc) is 2.55. The van der Waals surface area contributed by atoms with Crippen molar-refractivity contribution in [2.45, 2.75) is 33.2 Å². The quantitative estimate of drug-likeness (QED) is 0.256. The summed E-state index contributed by atoms with van der Waals surface area (Å²) in [6.07, 6.45) is 3.65. The average molecular weight is 436 g/mol. The molecule has 0 atom stereocenters. The van der Waals surface area contributed by atoms with Crippen molar-refractivity contribution in [3.05, 3.63) is 23.9 Å². The minimum absolute atomic E-state index is 0. The Morgan fingerprint density at radius 2 is 2.09 bits per heavy atom. The molecule has 0 radical (unpaired) electrons. The number of nitrogens with one attached hydrogen (secondary N) is 2. The Morgan fingerprint density at radius 1 is 1.26 bits per heavy atom. The minimum atomic E-state index is 0. The number of hydrogen-bond donors (Lipinski definition) is 2. The van der Waals surface area contributed by atoms with Gasteiger partial charge in [0.1, 0.15) is 0 Å². The van der Waals surface area contributed by atoms with Crippen LogP contribution >= 0.6 is 24.0 Å². The van der Waals surface area contributed by atoms with E-state index in [1.165, 1.54) is 0 Å². The SMILES string of the molecule is CCCOc1ncccc1CN=C(NCC)NCCCOC.I. The molecule has 0 bridgehead atoms. The summed E-state index contributed by atoms with van der Waals surface area (Å²) >= 11 is 0. The number of ether oxygens (including phenoxy) is 2. The molecular formula is C16H29IN4O2. The molecule has 0 unspecified atom stereocenters. The molecule has 1 heterocycles. The van der Waals surface area contributed by atoms with Crippen molar-refractivity contribution in [1.29, 1.82) is 0 Å². The number of guanidine groups is 1. The molecule has 0 saturated carbocycles. The van der Waals surface area contributed by atoms with Gasteiger partial charge in [0.25, 0.3) is 0 Å². The molecule has 1 aromatic heterocycles. The summed E-state index contributed by atoms with van der Waals surface area (Å²) in [4.78, 5) is 8.86. The molecule has 0 aliphatic rings. The lowest BCUT2D eigenvalue weighted by Gasteiger charge is -2.12. The molecular weight excluding hydrogens is 407 g/mol. The number of nitrogens with zero attached hydrogens (tertiary/aromatic N) is 2. The second kappa shape index (κ2) is 14.5. The standard InChI is InChI=1S/C16H28N4O2.HI/c1-4-11-22-15-14(8-6-9-18-15)13-20-16(17-5-2)19-10-7-12-21-3;/h6,8-9H,4-5,7,10-13H2,1-3H3,(H2,17,19,20);1H. The molecule has 0 aliphatic carbocycles. The predicted octanol–water partition coefficient (Wildman–Crippen LogP) is 2.58. The fourth-order valence-electron chi connectivity index (χ4n) is 1.80. The number of rotatable bonds is 10. The lowest BCUT2D eigenvalue weighted by molar-refractivity contribution is 0.195. The maximum absolute atomic E-state index is 5.65. The van der Waals surface area contributed by atoms with Gasteiger partial charge < -0.3 is 20.1 Å². The Kier molecular flexibility index (Phi) is 13.8. The first-order chi connectivity index (χ1) is 10.8. The van der Waals surface area contributed by atoms with Crippen molar-refractivity contribution in [1.82, 2.24) is 15.6 Å². The molecule has 0 amide bonds. The number of halogens is 1. The van der Waals surface area contributed by atoms with Crippen molar-refractivity contribution in [2.75, 3.05) is 33.4 Å². The molecule has 0 aromatic carbocycles. The molecule has 1 rings (SSSR count). The zero-order valence-electron chi connectivity index (χ0n) is 14.3. The number of aromatic nitrogens is 1. The third-order valence-corrected chi connectivity index (χ3v) is 2.86. The summed E-state index contributed by atoms with van der Waals surface area (Å²) in [5, 5.41) is 6.52. The van der Waals surface area contributed by atoms with Gasteiger partial charge in [-0.1, -0.05) is 13.0 Å². The predicted molar refractivity (Wildman–Crippen MR) is 105 cm³/mol. The van der Waals surface area contributed by atoms with E-state index in [4.69, 9.17) is 9.47 Å². The monoisotopic (exact) mass is 436 g/mol. The van der Waals surface area contributed by atoms with Crippen molar-refractivity contribution in [3.8, 4) is 5.88 Å². The largest absolute Gasteiger partial charge is 0.477 e. The molecule has 132 valence electrons. The van der Waals surface area contributed by atoms with Crippen LogP contribution in [0.3, 0.4) is 0 Å². The van der Waals surface area contributed by atoms with E-state index in [0.29, 0.717) is 19.0 Å². The maximum Gasteiger partial charge on any atom is 0.218 e. The Bertz CT molecular complexity index is 444. The van der Waals surface area contributed by atoms with E-state index in [2.05, 4.69) is 27.5 Å². The highest BCUT2D eigenvalue weighted by atomic mass is 127. The first-order valence-corrected chi connectivity index (χ1v) is 7.89. The van der Waals surface area contributed by atoms with Gasteiger partial charge in [-0.25, -0.2) is 9.98 Å². The van der Waals surface area contributed by atoms with E-state index in [0.717, 1.165) is 44.1 Å². The van der Waals surface area contributed by atoms with E-state index in [-0.39, 0.29) is 24.0 Å². The molecule has 2 N–H and O–H groups in total. The van der Waals surface area contributed by atoms with Gasteiger partial charge >= 0.3 is 0 Å². The van der Waals surface area contributed by atoms with Crippen LogP contribution in [-0.2, 0) is 11.3 Å². The van der Waals surface area contributed by atoms with Crippen molar-refractivity contribution < 1.29 is 9.47 Å². The molecule has 1 aromatic rings. The van der Waals surface area contributed by atoms with Gasteiger partial charge in [-0.05, 0) is 25.8 Å². The Labute approximate surface area is 156 Å². The fourth-order valence-corrected chi connectivity index (χ4v) is 1.80. The second-order valence-corrected chi connectivity index (χ2v) is 4.78. The molecule has 0 spiro atoms. The number of methoxy groups -OCH3 is 1. The van der Waals surface area contributed by atoms with Gasteiger partial charge in [0.05, 0.1) is 13.2 Å².